The van der Waals surface area contributed by atoms with Crippen LogP contribution in [-0.4, -0.2) is 50.5 Å². The van der Waals surface area contributed by atoms with Crippen LogP contribution >= 0.6 is 58.0 Å². The maximum absolute atomic E-state index is 14.0. The molecule has 0 saturated carbocycles. The quantitative estimate of drug-likeness (QED) is 0.237. The number of anilines is 1. The van der Waals surface area contributed by atoms with Gasteiger partial charge >= 0.3 is 0 Å². The summed E-state index contributed by atoms with van der Waals surface area (Å²) in [5.41, 5.74) is 1.28. The van der Waals surface area contributed by atoms with E-state index >= 15 is 0 Å². The van der Waals surface area contributed by atoms with E-state index in [1.165, 1.54) is 23.1 Å². The maximum atomic E-state index is 14.0. The molecule has 0 aliphatic carbocycles. The van der Waals surface area contributed by atoms with Crippen molar-refractivity contribution in [3.63, 3.8) is 0 Å². The lowest BCUT2D eigenvalue weighted by molar-refractivity contribution is -0.140. The van der Waals surface area contributed by atoms with E-state index in [4.69, 9.17) is 58.0 Å². The number of sulfonamides is 1. The summed E-state index contributed by atoms with van der Waals surface area (Å²) in [6, 6.07) is 15.5. The number of nitrogens with zero attached hydrogens (tertiary/aromatic N) is 2. The predicted octanol–water partition coefficient (Wildman–Crippen LogP) is 6.50. The maximum Gasteiger partial charge on any atom is 0.244 e. The van der Waals surface area contributed by atoms with Gasteiger partial charge in [-0.1, -0.05) is 94.4 Å². The first-order valence-electron chi connectivity index (χ1n) is 12.0. The van der Waals surface area contributed by atoms with Crippen LogP contribution in [0, 0.1) is 0 Å². The number of likely N-dealkylation sites (N-methyl/N-ethyl adjacent to an activating group) is 1. The molecule has 0 heterocycles. The standard InChI is InChI=1S/C27H26Cl5N3O4S/c1-3-33-27(37)25(11-17-7-5-4-6-8-17)34(15-18-9-10-19(28)12-20(18)29)26(36)16-35(40(2,38)39)24-14-22(31)21(30)13-23(24)32/h4-10,12-14,25H,3,11,15-16H2,1-2H3,(H,33,37)/t25-/m0/s1. The fourth-order valence-electron chi connectivity index (χ4n) is 3.98. The summed E-state index contributed by atoms with van der Waals surface area (Å²) in [4.78, 5) is 28.7. The molecule has 3 rings (SSSR count). The van der Waals surface area contributed by atoms with Gasteiger partial charge in [-0.05, 0) is 42.3 Å². The van der Waals surface area contributed by atoms with E-state index < -0.39 is 34.4 Å². The average molecular weight is 666 g/mol. The summed E-state index contributed by atoms with van der Waals surface area (Å²) in [5.74, 6) is -1.09. The Bertz CT molecular complexity index is 1490. The monoisotopic (exact) mass is 663 g/mol. The van der Waals surface area contributed by atoms with Crippen molar-refractivity contribution in [2.45, 2.75) is 25.9 Å². The Hall–Kier alpha value is -2.20. The molecule has 3 aromatic rings. The zero-order valence-corrected chi connectivity index (χ0v) is 26.1. The minimum Gasteiger partial charge on any atom is -0.355 e. The van der Waals surface area contributed by atoms with Crippen LogP contribution in [0.25, 0.3) is 0 Å². The van der Waals surface area contributed by atoms with Crippen molar-refractivity contribution in [1.82, 2.24) is 10.2 Å². The zero-order chi connectivity index (χ0) is 29.6. The summed E-state index contributed by atoms with van der Waals surface area (Å²) >= 11 is 31.0. The number of carbonyl (C=O) groups excluding carboxylic acids is 2. The van der Waals surface area contributed by atoms with Gasteiger partial charge in [-0.3, -0.25) is 13.9 Å². The highest BCUT2D eigenvalue weighted by atomic mass is 35.5. The molecule has 13 heteroatoms. The molecular formula is C27H26Cl5N3O4S. The van der Waals surface area contributed by atoms with Gasteiger partial charge in [0.05, 0.1) is 27.0 Å². The summed E-state index contributed by atoms with van der Waals surface area (Å²) in [6.07, 6.45) is 1.10. The molecule has 0 saturated heterocycles. The lowest BCUT2D eigenvalue weighted by Crippen LogP contribution is -2.53. The third-order valence-electron chi connectivity index (χ3n) is 5.92. The number of rotatable bonds is 11. The van der Waals surface area contributed by atoms with Crippen LogP contribution in [0.2, 0.25) is 25.1 Å². The fraction of sp³-hybridized carbons (Fsp3) is 0.259. The van der Waals surface area contributed by atoms with Gasteiger partial charge in [0.25, 0.3) is 0 Å². The number of benzene rings is 3. The Morgan fingerprint density at radius 2 is 1.52 bits per heavy atom. The van der Waals surface area contributed by atoms with Gasteiger partial charge in [0.2, 0.25) is 21.8 Å². The minimum atomic E-state index is -4.04. The topological polar surface area (TPSA) is 86.8 Å². The molecule has 0 unspecified atom stereocenters. The van der Waals surface area contributed by atoms with Crippen molar-refractivity contribution in [2.24, 2.45) is 0 Å². The van der Waals surface area contributed by atoms with Crippen LogP contribution in [0.15, 0.2) is 60.7 Å². The van der Waals surface area contributed by atoms with E-state index in [1.54, 1.807) is 19.1 Å². The van der Waals surface area contributed by atoms with E-state index in [0.717, 1.165) is 16.1 Å². The van der Waals surface area contributed by atoms with Gasteiger partial charge in [-0.25, -0.2) is 8.42 Å². The number of amides is 2. The molecule has 0 bridgehead atoms. The molecule has 0 aliphatic rings. The van der Waals surface area contributed by atoms with Crippen LogP contribution < -0.4 is 9.62 Å². The number of nitrogens with one attached hydrogen (secondary N) is 1. The Balaban J connectivity index is 2.11. The smallest absolute Gasteiger partial charge is 0.244 e. The summed E-state index contributed by atoms with van der Waals surface area (Å²) in [7, 11) is -4.04. The van der Waals surface area contributed by atoms with Gasteiger partial charge in [0.1, 0.15) is 12.6 Å². The molecule has 1 atom stereocenters. The highest BCUT2D eigenvalue weighted by Gasteiger charge is 2.34. The van der Waals surface area contributed by atoms with E-state index in [9.17, 15) is 18.0 Å². The molecule has 0 spiro atoms. The van der Waals surface area contributed by atoms with E-state index in [-0.39, 0.29) is 38.7 Å². The summed E-state index contributed by atoms with van der Waals surface area (Å²) in [5, 5.41) is 3.61. The van der Waals surface area contributed by atoms with Gasteiger partial charge in [-0.15, -0.1) is 0 Å². The molecule has 0 fully saturated rings. The first-order valence-corrected chi connectivity index (χ1v) is 15.7. The number of hydrogen-bond donors (Lipinski definition) is 1. The lowest BCUT2D eigenvalue weighted by atomic mass is 10.0. The Morgan fingerprint density at radius 1 is 0.875 bits per heavy atom. The first kappa shape index (κ1) is 32.3. The predicted molar refractivity (Wildman–Crippen MR) is 163 cm³/mol. The normalized spacial score (nSPS) is 12.1. The summed E-state index contributed by atoms with van der Waals surface area (Å²) in [6.45, 7) is 1.31. The van der Waals surface area contributed by atoms with Gasteiger partial charge in [-0.2, -0.15) is 0 Å². The minimum absolute atomic E-state index is 0.0236. The highest BCUT2D eigenvalue weighted by molar-refractivity contribution is 7.92. The average Bonchev–Trinajstić information content (AvgIpc) is 2.88. The van der Waals surface area contributed by atoms with E-state index in [1.807, 2.05) is 30.3 Å². The second-order valence-corrected chi connectivity index (χ2v) is 12.8. The molecule has 7 nitrogen and oxygen atoms in total. The fourth-order valence-corrected chi connectivity index (χ4v) is 5.99. The molecule has 0 radical (unpaired) electrons. The third kappa shape index (κ3) is 8.41. The second kappa shape index (κ2) is 14.1. The zero-order valence-electron chi connectivity index (χ0n) is 21.5. The number of hydrogen-bond acceptors (Lipinski definition) is 4. The Kier molecular flexibility index (Phi) is 11.4. The summed E-state index contributed by atoms with van der Waals surface area (Å²) < 4.78 is 26.6. The molecule has 2 amide bonds. The molecule has 0 aliphatic heterocycles. The molecular weight excluding hydrogens is 640 g/mol. The van der Waals surface area contributed by atoms with Crippen LogP contribution in [0.1, 0.15) is 18.1 Å². The van der Waals surface area contributed by atoms with E-state index in [2.05, 4.69) is 5.32 Å². The molecule has 3 aromatic carbocycles. The largest absolute Gasteiger partial charge is 0.355 e. The van der Waals surface area contributed by atoms with Crippen molar-refractivity contribution < 1.29 is 18.0 Å². The van der Waals surface area contributed by atoms with Crippen molar-refractivity contribution in [1.29, 1.82) is 0 Å². The molecule has 0 aromatic heterocycles. The van der Waals surface area contributed by atoms with Gasteiger partial charge in [0, 0.05) is 29.6 Å². The van der Waals surface area contributed by atoms with Crippen LogP contribution in [-0.2, 0) is 32.6 Å². The Morgan fingerprint density at radius 3 is 2.12 bits per heavy atom. The van der Waals surface area contributed by atoms with Crippen molar-refractivity contribution in [3.8, 4) is 0 Å². The lowest BCUT2D eigenvalue weighted by Gasteiger charge is -2.33. The first-order chi connectivity index (χ1) is 18.8. The van der Waals surface area contributed by atoms with Gasteiger partial charge in [0.15, 0.2) is 0 Å². The van der Waals surface area contributed by atoms with Crippen LogP contribution in [0.4, 0.5) is 5.69 Å². The van der Waals surface area contributed by atoms with E-state index in [0.29, 0.717) is 17.1 Å². The molecule has 40 heavy (non-hydrogen) atoms. The molecule has 1 N–H and O–H groups in total. The van der Waals surface area contributed by atoms with Crippen molar-refractivity contribution in [3.05, 3.63) is 96.9 Å². The van der Waals surface area contributed by atoms with Gasteiger partial charge < -0.3 is 10.2 Å². The number of carbonyl (C=O) groups is 2. The highest BCUT2D eigenvalue weighted by Crippen LogP contribution is 2.36. The van der Waals surface area contributed by atoms with Crippen molar-refractivity contribution in [2.75, 3.05) is 23.7 Å². The number of halogens is 5. The SMILES string of the molecule is CCNC(=O)[C@H](Cc1ccccc1)N(Cc1ccc(Cl)cc1Cl)C(=O)CN(c1cc(Cl)c(Cl)cc1Cl)S(C)(=O)=O. The van der Waals surface area contributed by atoms with Crippen LogP contribution in [0.3, 0.4) is 0 Å². The van der Waals surface area contributed by atoms with Crippen LogP contribution in [0.5, 0.6) is 0 Å². The van der Waals surface area contributed by atoms with Crippen molar-refractivity contribution >= 4 is 85.5 Å². The molecule has 214 valence electrons. The second-order valence-electron chi connectivity index (χ2n) is 8.84. The Labute approximate surface area is 258 Å². The third-order valence-corrected chi connectivity index (χ3v) is 8.65.